The van der Waals surface area contributed by atoms with Crippen molar-refractivity contribution in [1.82, 2.24) is 14.9 Å². The van der Waals surface area contributed by atoms with Crippen LogP contribution in [0.4, 0.5) is 11.8 Å². The lowest BCUT2D eigenvalue weighted by Gasteiger charge is -2.36. The smallest absolute Gasteiger partial charge is 0.225 e. The first-order valence-corrected chi connectivity index (χ1v) is 6.20. The molecular formula is C12H21N5O. The number of likely N-dealkylation sites (N-methyl/N-ethyl adjacent to an activating group) is 2. The van der Waals surface area contributed by atoms with Crippen molar-refractivity contribution in [3.05, 3.63) is 6.07 Å². The molecule has 2 heterocycles. The van der Waals surface area contributed by atoms with Crippen LogP contribution in [-0.2, 0) is 0 Å². The Labute approximate surface area is 108 Å². The quantitative estimate of drug-likeness (QED) is 0.848. The van der Waals surface area contributed by atoms with Crippen molar-refractivity contribution in [2.24, 2.45) is 0 Å². The molecule has 2 N–H and O–H groups in total. The summed E-state index contributed by atoms with van der Waals surface area (Å²) in [6.07, 6.45) is 2.39. The number of nitrogens with two attached hydrogens (primary N) is 1. The van der Waals surface area contributed by atoms with Gasteiger partial charge in [0.25, 0.3) is 0 Å². The van der Waals surface area contributed by atoms with E-state index in [0.29, 0.717) is 11.9 Å². The van der Waals surface area contributed by atoms with E-state index in [1.807, 2.05) is 13.1 Å². The van der Waals surface area contributed by atoms with Gasteiger partial charge in [-0.2, -0.15) is 9.97 Å². The Kier molecular flexibility index (Phi) is 3.86. The maximum Gasteiger partial charge on any atom is 0.225 e. The molecule has 1 aromatic heterocycles. The number of aromatic nitrogens is 2. The Hall–Kier alpha value is -1.56. The van der Waals surface area contributed by atoms with E-state index in [9.17, 15) is 0 Å². The maximum absolute atomic E-state index is 5.69. The number of rotatable bonds is 3. The highest BCUT2D eigenvalue weighted by Gasteiger charge is 2.22. The van der Waals surface area contributed by atoms with Crippen molar-refractivity contribution in [3.8, 4) is 5.88 Å². The molecule has 2 rings (SSSR count). The summed E-state index contributed by atoms with van der Waals surface area (Å²) in [5.74, 6) is 1.58. The van der Waals surface area contributed by atoms with E-state index in [-0.39, 0.29) is 5.95 Å². The Morgan fingerprint density at radius 1 is 1.50 bits per heavy atom. The molecule has 1 aliphatic heterocycles. The molecule has 6 heteroatoms. The molecule has 0 amide bonds. The summed E-state index contributed by atoms with van der Waals surface area (Å²) < 4.78 is 5.13. The molecule has 6 nitrogen and oxygen atoms in total. The average Bonchev–Trinajstić information content (AvgIpc) is 2.37. The van der Waals surface area contributed by atoms with Crippen LogP contribution in [0, 0.1) is 0 Å². The normalized spacial score (nSPS) is 20.7. The number of methoxy groups -OCH3 is 1. The summed E-state index contributed by atoms with van der Waals surface area (Å²) in [7, 11) is 5.78. The fourth-order valence-electron chi connectivity index (χ4n) is 2.36. The minimum atomic E-state index is 0.250. The van der Waals surface area contributed by atoms with Gasteiger partial charge in [-0.25, -0.2) is 0 Å². The van der Waals surface area contributed by atoms with Crippen molar-refractivity contribution < 1.29 is 4.74 Å². The van der Waals surface area contributed by atoms with Gasteiger partial charge in [0.05, 0.1) is 7.11 Å². The number of likely N-dealkylation sites (tertiary alicyclic amines) is 1. The molecule has 1 aromatic rings. The summed E-state index contributed by atoms with van der Waals surface area (Å²) in [5.41, 5.74) is 5.69. The number of piperidine rings is 1. The van der Waals surface area contributed by atoms with Crippen LogP contribution in [0.5, 0.6) is 5.88 Å². The van der Waals surface area contributed by atoms with E-state index in [0.717, 1.165) is 12.4 Å². The number of nitrogens with zero attached hydrogens (tertiary/aromatic N) is 4. The van der Waals surface area contributed by atoms with E-state index < -0.39 is 0 Å². The van der Waals surface area contributed by atoms with Crippen LogP contribution in [0.15, 0.2) is 6.07 Å². The number of nitrogen functional groups attached to an aromatic ring is 1. The van der Waals surface area contributed by atoms with Crippen LogP contribution >= 0.6 is 0 Å². The molecule has 0 aliphatic carbocycles. The van der Waals surface area contributed by atoms with Crippen molar-refractivity contribution in [3.63, 3.8) is 0 Å². The summed E-state index contributed by atoms with van der Waals surface area (Å²) in [6.45, 7) is 2.21. The van der Waals surface area contributed by atoms with Gasteiger partial charge in [-0.1, -0.05) is 0 Å². The third-order valence-corrected chi connectivity index (χ3v) is 3.42. The minimum absolute atomic E-state index is 0.250. The number of hydrogen-bond acceptors (Lipinski definition) is 6. The van der Waals surface area contributed by atoms with Gasteiger partial charge in [0.15, 0.2) is 0 Å². The van der Waals surface area contributed by atoms with Crippen LogP contribution in [-0.4, -0.2) is 55.2 Å². The Balaban J connectivity index is 2.16. The maximum atomic E-state index is 5.69. The van der Waals surface area contributed by atoms with Gasteiger partial charge in [-0.15, -0.1) is 0 Å². The van der Waals surface area contributed by atoms with E-state index in [2.05, 4.69) is 26.8 Å². The van der Waals surface area contributed by atoms with Crippen molar-refractivity contribution in [2.45, 2.75) is 18.9 Å². The van der Waals surface area contributed by atoms with E-state index in [1.165, 1.54) is 19.4 Å². The SMILES string of the molecule is COc1cc(N(C)C2CCCN(C)C2)nc(N)n1. The first kappa shape index (κ1) is 12.9. The minimum Gasteiger partial charge on any atom is -0.481 e. The monoisotopic (exact) mass is 251 g/mol. The Morgan fingerprint density at radius 2 is 2.28 bits per heavy atom. The van der Waals surface area contributed by atoms with Gasteiger partial charge in [0.1, 0.15) is 5.82 Å². The van der Waals surface area contributed by atoms with Gasteiger partial charge >= 0.3 is 0 Å². The van der Waals surface area contributed by atoms with Crippen LogP contribution < -0.4 is 15.4 Å². The molecule has 0 saturated carbocycles. The molecule has 0 spiro atoms. The molecule has 0 radical (unpaired) electrons. The largest absolute Gasteiger partial charge is 0.481 e. The summed E-state index contributed by atoms with van der Waals surface area (Å²) in [4.78, 5) is 12.8. The van der Waals surface area contributed by atoms with E-state index >= 15 is 0 Å². The fourth-order valence-corrected chi connectivity index (χ4v) is 2.36. The summed E-state index contributed by atoms with van der Waals surface area (Å²) in [6, 6.07) is 2.29. The highest BCUT2D eigenvalue weighted by Crippen LogP contribution is 2.22. The molecule has 0 aromatic carbocycles. The van der Waals surface area contributed by atoms with Crippen molar-refractivity contribution >= 4 is 11.8 Å². The van der Waals surface area contributed by atoms with Crippen molar-refractivity contribution in [1.29, 1.82) is 0 Å². The first-order valence-electron chi connectivity index (χ1n) is 6.20. The molecular weight excluding hydrogens is 230 g/mol. The van der Waals surface area contributed by atoms with Crippen LogP contribution in [0.3, 0.4) is 0 Å². The topological polar surface area (TPSA) is 67.5 Å². The predicted molar refractivity (Wildman–Crippen MR) is 71.9 cm³/mol. The third-order valence-electron chi connectivity index (χ3n) is 3.42. The van der Waals surface area contributed by atoms with Gasteiger partial charge in [-0.3, -0.25) is 0 Å². The molecule has 1 unspecified atom stereocenters. The van der Waals surface area contributed by atoms with Crippen LogP contribution in [0.2, 0.25) is 0 Å². The average molecular weight is 251 g/mol. The molecule has 18 heavy (non-hydrogen) atoms. The second-order valence-corrected chi connectivity index (χ2v) is 4.80. The zero-order valence-corrected chi connectivity index (χ0v) is 11.3. The molecule has 1 saturated heterocycles. The molecule has 100 valence electrons. The van der Waals surface area contributed by atoms with Gasteiger partial charge in [0, 0.05) is 25.7 Å². The highest BCUT2D eigenvalue weighted by atomic mass is 16.5. The number of ether oxygens (including phenoxy) is 1. The third kappa shape index (κ3) is 2.81. The number of hydrogen-bond donors (Lipinski definition) is 1. The Morgan fingerprint density at radius 3 is 2.94 bits per heavy atom. The molecule has 0 bridgehead atoms. The fraction of sp³-hybridized carbons (Fsp3) is 0.667. The van der Waals surface area contributed by atoms with Crippen LogP contribution in [0.25, 0.3) is 0 Å². The van der Waals surface area contributed by atoms with E-state index in [4.69, 9.17) is 10.5 Å². The predicted octanol–water partition coefficient (Wildman–Crippen LogP) is 0.598. The zero-order chi connectivity index (χ0) is 13.1. The van der Waals surface area contributed by atoms with Crippen molar-refractivity contribution in [2.75, 3.05) is 44.9 Å². The summed E-state index contributed by atoms with van der Waals surface area (Å²) in [5, 5.41) is 0. The molecule has 1 aliphatic rings. The first-order chi connectivity index (χ1) is 8.60. The zero-order valence-electron chi connectivity index (χ0n) is 11.3. The standard InChI is InChI=1S/C12H21N5O/c1-16-6-4-5-9(8-16)17(2)10-7-11(18-3)15-12(13)14-10/h7,9H,4-6,8H2,1-3H3,(H2,13,14,15). The van der Waals surface area contributed by atoms with Gasteiger partial charge in [-0.05, 0) is 26.4 Å². The van der Waals surface area contributed by atoms with Crippen LogP contribution in [0.1, 0.15) is 12.8 Å². The lowest BCUT2D eigenvalue weighted by molar-refractivity contribution is 0.247. The second-order valence-electron chi connectivity index (χ2n) is 4.80. The highest BCUT2D eigenvalue weighted by molar-refractivity contribution is 5.45. The lowest BCUT2D eigenvalue weighted by atomic mass is 10.1. The van der Waals surface area contributed by atoms with Gasteiger partial charge in [0.2, 0.25) is 11.8 Å². The summed E-state index contributed by atoms with van der Waals surface area (Å²) >= 11 is 0. The van der Waals surface area contributed by atoms with Gasteiger partial charge < -0.3 is 20.3 Å². The Bertz CT molecular complexity index is 411. The molecule has 1 fully saturated rings. The molecule has 1 atom stereocenters. The number of anilines is 2. The second kappa shape index (κ2) is 5.39. The lowest BCUT2D eigenvalue weighted by Crippen LogP contribution is -2.45. The van der Waals surface area contributed by atoms with E-state index in [1.54, 1.807) is 7.11 Å².